The van der Waals surface area contributed by atoms with E-state index in [0.717, 1.165) is 10.9 Å². The molecule has 0 radical (unpaired) electrons. The number of nitrogens with one attached hydrogen (secondary N) is 3. The van der Waals surface area contributed by atoms with E-state index in [1.165, 1.54) is 24.1 Å². The van der Waals surface area contributed by atoms with Gasteiger partial charge >= 0.3 is 6.09 Å². The highest BCUT2D eigenvalue weighted by Crippen LogP contribution is 2.36. The van der Waals surface area contributed by atoms with E-state index in [2.05, 4.69) is 15.6 Å². The van der Waals surface area contributed by atoms with Gasteiger partial charge in [-0.25, -0.2) is 13.2 Å². The molecule has 0 spiro atoms. The third kappa shape index (κ3) is 7.26. The Hall–Kier alpha value is -4.68. The minimum absolute atomic E-state index is 0.0104. The van der Waals surface area contributed by atoms with Gasteiger partial charge in [-0.2, -0.15) is 0 Å². The normalized spacial score (nSPS) is 13.7. The number of benzene rings is 3. The summed E-state index contributed by atoms with van der Waals surface area (Å²) in [7, 11) is -0.492. The van der Waals surface area contributed by atoms with Gasteiger partial charge in [-0.15, -0.1) is 0 Å². The fourth-order valence-corrected chi connectivity index (χ4v) is 6.70. The predicted octanol–water partition coefficient (Wildman–Crippen LogP) is 4.47. The van der Waals surface area contributed by atoms with Gasteiger partial charge in [0.2, 0.25) is 5.91 Å². The molecule has 1 heterocycles. The van der Waals surface area contributed by atoms with E-state index < -0.39 is 27.3 Å². The minimum Gasteiger partial charge on any atom is -0.446 e. The lowest BCUT2D eigenvalue weighted by Crippen LogP contribution is -2.32. The molecule has 0 saturated heterocycles. The Morgan fingerprint density at radius 1 is 1.02 bits per heavy atom. The van der Waals surface area contributed by atoms with Gasteiger partial charge in [-0.05, 0) is 65.8 Å². The van der Waals surface area contributed by atoms with Crippen molar-refractivity contribution < 1.29 is 27.5 Å². The number of pyridine rings is 1. The van der Waals surface area contributed by atoms with E-state index in [1.54, 1.807) is 43.6 Å². The Morgan fingerprint density at radius 3 is 2.50 bits per heavy atom. The number of aromatic amines is 1. The number of nitrogens with zero attached hydrogens (tertiary/aromatic N) is 1. The Kier molecular flexibility index (Phi) is 9.31. The number of aromatic nitrogens is 1. The summed E-state index contributed by atoms with van der Waals surface area (Å²) in [6.45, 7) is -0.115. The van der Waals surface area contributed by atoms with Crippen molar-refractivity contribution in [2.24, 2.45) is 0 Å². The molecule has 3 N–H and O–H groups in total. The number of amides is 2. The first-order chi connectivity index (χ1) is 21.2. The molecule has 1 aromatic heterocycles. The summed E-state index contributed by atoms with van der Waals surface area (Å²) in [5, 5.41) is 6.50. The molecule has 1 saturated carbocycles. The second kappa shape index (κ2) is 13.3. The van der Waals surface area contributed by atoms with Crippen molar-refractivity contribution in [2.45, 2.75) is 35.6 Å². The average Bonchev–Trinajstić information content (AvgIpc) is 3.88. The van der Waals surface area contributed by atoms with E-state index >= 15 is 0 Å². The molecule has 11 nitrogen and oxygen atoms in total. The zero-order chi connectivity index (χ0) is 31.3. The highest BCUT2D eigenvalue weighted by Gasteiger charge is 2.38. The van der Waals surface area contributed by atoms with Crippen molar-refractivity contribution in [1.29, 1.82) is 0 Å². The van der Waals surface area contributed by atoms with E-state index in [-0.39, 0.29) is 36.1 Å². The number of hydrogen-bond donors (Lipinski definition) is 3. The lowest BCUT2D eigenvalue weighted by atomic mass is 10.1. The number of rotatable bonds is 12. The molecule has 0 bridgehead atoms. The van der Waals surface area contributed by atoms with Crippen LogP contribution in [0.2, 0.25) is 0 Å². The molecule has 3 aromatic carbocycles. The molecule has 2 amide bonds. The van der Waals surface area contributed by atoms with Gasteiger partial charge in [0.25, 0.3) is 5.56 Å². The van der Waals surface area contributed by atoms with Crippen LogP contribution in [0.1, 0.15) is 30.1 Å². The first kappa shape index (κ1) is 30.8. The van der Waals surface area contributed by atoms with Gasteiger partial charge in [0.05, 0.1) is 16.7 Å². The van der Waals surface area contributed by atoms with Gasteiger partial charge in [-0.1, -0.05) is 36.4 Å². The van der Waals surface area contributed by atoms with Crippen LogP contribution < -0.4 is 16.2 Å². The standard InChI is InChI=1S/C32H34N4O7S/c1-36(30(37)18-34-24-9-8-21-14-15-33-31(38)27(21)17-24)19-23-16-25(10-13-29(23)44(40,41)26-11-12-26)35-32(39)43-20-28(42-2)22-6-4-3-5-7-22/h3-10,13-17,26,28,34H,11-12,18-20H2,1-2H3,(H,33,38)(H,35,39)/t28-/m0/s1. The number of methoxy groups -OCH3 is 1. The van der Waals surface area contributed by atoms with Crippen LogP contribution in [0.3, 0.4) is 0 Å². The average molecular weight is 619 g/mol. The van der Waals surface area contributed by atoms with Crippen LogP contribution in [0.5, 0.6) is 0 Å². The number of hydrogen-bond acceptors (Lipinski definition) is 8. The van der Waals surface area contributed by atoms with Crippen LogP contribution in [-0.2, 0) is 30.7 Å². The number of carbonyl (C=O) groups excluding carboxylic acids is 2. The van der Waals surface area contributed by atoms with Gasteiger partial charge in [0.1, 0.15) is 12.7 Å². The number of anilines is 2. The van der Waals surface area contributed by atoms with Crippen molar-refractivity contribution in [3.05, 3.63) is 100 Å². The Balaban J connectivity index is 1.26. The van der Waals surface area contributed by atoms with Crippen molar-refractivity contribution in [3.8, 4) is 0 Å². The lowest BCUT2D eigenvalue weighted by Gasteiger charge is -2.21. The number of H-pyrrole nitrogens is 1. The number of ether oxygens (including phenoxy) is 2. The summed E-state index contributed by atoms with van der Waals surface area (Å²) < 4.78 is 37.3. The highest BCUT2D eigenvalue weighted by molar-refractivity contribution is 7.92. The Labute approximate surface area is 255 Å². The molecule has 4 aromatic rings. The Morgan fingerprint density at radius 2 is 1.77 bits per heavy atom. The molecule has 230 valence electrons. The summed E-state index contributed by atoms with van der Waals surface area (Å²) in [4.78, 5) is 42.0. The second-order valence-electron chi connectivity index (χ2n) is 10.6. The first-order valence-electron chi connectivity index (χ1n) is 14.1. The van der Waals surface area contributed by atoms with Crippen molar-refractivity contribution in [3.63, 3.8) is 0 Å². The van der Waals surface area contributed by atoms with Crippen molar-refractivity contribution >= 4 is 44.0 Å². The third-order valence-corrected chi connectivity index (χ3v) is 9.81. The molecular weight excluding hydrogens is 584 g/mol. The maximum Gasteiger partial charge on any atom is 0.411 e. The first-order valence-corrected chi connectivity index (χ1v) is 15.7. The fourth-order valence-electron chi connectivity index (χ4n) is 4.84. The van der Waals surface area contributed by atoms with Crippen LogP contribution >= 0.6 is 0 Å². The molecule has 1 atom stereocenters. The summed E-state index contributed by atoms with van der Waals surface area (Å²) in [6.07, 6.45) is 1.57. The third-order valence-electron chi connectivity index (χ3n) is 7.45. The molecule has 0 unspecified atom stereocenters. The molecule has 1 fully saturated rings. The number of fused-ring (bicyclic) bond motifs is 1. The molecule has 1 aliphatic carbocycles. The van der Waals surface area contributed by atoms with Crippen molar-refractivity contribution in [2.75, 3.05) is 37.9 Å². The minimum atomic E-state index is -3.60. The molecule has 1 aliphatic rings. The van der Waals surface area contributed by atoms with E-state index in [4.69, 9.17) is 9.47 Å². The zero-order valence-electron chi connectivity index (χ0n) is 24.4. The number of sulfone groups is 1. The largest absolute Gasteiger partial charge is 0.446 e. The van der Waals surface area contributed by atoms with Crippen LogP contribution in [0.25, 0.3) is 10.8 Å². The number of likely N-dealkylation sites (N-methyl/N-ethyl adjacent to an activating group) is 1. The molecule has 44 heavy (non-hydrogen) atoms. The van der Waals surface area contributed by atoms with E-state index in [0.29, 0.717) is 35.2 Å². The quantitative estimate of drug-likeness (QED) is 0.211. The smallest absolute Gasteiger partial charge is 0.411 e. The van der Waals surface area contributed by atoms with E-state index in [1.807, 2.05) is 30.3 Å². The number of carbonyl (C=O) groups is 2. The zero-order valence-corrected chi connectivity index (χ0v) is 25.2. The highest BCUT2D eigenvalue weighted by atomic mass is 32.2. The Bertz CT molecular complexity index is 1820. The fraction of sp³-hybridized carbons (Fsp3) is 0.281. The monoisotopic (exact) mass is 618 g/mol. The van der Waals surface area contributed by atoms with Gasteiger partial charge in [0.15, 0.2) is 9.84 Å². The SMILES string of the molecule is CO[C@@H](COC(=O)Nc1ccc(S(=O)(=O)C2CC2)c(CN(C)C(=O)CNc2ccc3cc[nH]c(=O)c3c2)c1)c1ccccc1. The predicted molar refractivity (Wildman–Crippen MR) is 167 cm³/mol. The van der Waals surface area contributed by atoms with E-state index in [9.17, 15) is 22.8 Å². The second-order valence-corrected chi connectivity index (χ2v) is 12.8. The molecule has 0 aliphatic heterocycles. The van der Waals surface area contributed by atoms with Crippen LogP contribution in [0, 0.1) is 0 Å². The maximum atomic E-state index is 13.2. The summed E-state index contributed by atoms with van der Waals surface area (Å²) >= 11 is 0. The summed E-state index contributed by atoms with van der Waals surface area (Å²) in [6, 6.07) is 20.9. The maximum absolute atomic E-state index is 13.2. The van der Waals surface area contributed by atoms with Gasteiger partial charge in [-0.3, -0.25) is 14.9 Å². The van der Waals surface area contributed by atoms with Crippen LogP contribution in [0.4, 0.5) is 16.2 Å². The van der Waals surface area contributed by atoms with Crippen LogP contribution in [0.15, 0.2) is 88.7 Å². The molecule has 12 heteroatoms. The summed E-state index contributed by atoms with van der Waals surface area (Å²) in [5.41, 5.74) is 1.93. The topological polar surface area (TPSA) is 147 Å². The summed E-state index contributed by atoms with van der Waals surface area (Å²) in [5.74, 6) is -0.300. The van der Waals surface area contributed by atoms with Gasteiger partial charge in [0, 0.05) is 43.7 Å². The van der Waals surface area contributed by atoms with Crippen molar-refractivity contribution in [1.82, 2.24) is 9.88 Å². The molecular formula is C32H34N4O7S. The molecule has 5 rings (SSSR count). The lowest BCUT2D eigenvalue weighted by molar-refractivity contribution is -0.128. The van der Waals surface area contributed by atoms with Gasteiger partial charge < -0.3 is 24.7 Å². The van der Waals surface area contributed by atoms with Crippen LogP contribution in [-0.4, -0.2) is 62.9 Å².